The molecule has 0 atom stereocenters. The van der Waals surface area contributed by atoms with E-state index in [2.05, 4.69) is 46.8 Å². The van der Waals surface area contributed by atoms with Crippen LogP contribution in [0.3, 0.4) is 0 Å². The summed E-state index contributed by atoms with van der Waals surface area (Å²) in [6.07, 6.45) is 4.02. The van der Waals surface area contributed by atoms with Crippen molar-refractivity contribution in [2.75, 3.05) is 0 Å². The van der Waals surface area contributed by atoms with Gasteiger partial charge in [0.2, 0.25) is 0 Å². The number of hydrogen-bond acceptors (Lipinski definition) is 0. The highest BCUT2D eigenvalue weighted by Crippen LogP contribution is 2.46. The lowest BCUT2D eigenvalue weighted by Crippen LogP contribution is -2.19. The van der Waals surface area contributed by atoms with E-state index in [1.54, 1.807) is 11.1 Å². The van der Waals surface area contributed by atoms with Gasteiger partial charge in [-0.3, -0.25) is 0 Å². The Balaban J connectivity index is 2.57. The predicted octanol–water partition coefficient (Wildman–Crippen LogP) is 4.87. The van der Waals surface area contributed by atoms with Gasteiger partial charge in [0.25, 0.3) is 0 Å². The van der Waals surface area contributed by atoms with Crippen molar-refractivity contribution < 1.29 is 0 Å². The van der Waals surface area contributed by atoms with E-state index in [0.29, 0.717) is 5.41 Å². The third kappa shape index (κ3) is 2.03. The van der Waals surface area contributed by atoms with E-state index >= 15 is 0 Å². The zero-order chi connectivity index (χ0) is 11.9. The molecule has 0 heterocycles. The van der Waals surface area contributed by atoms with Crippen molar-refractivity contribution in [1.82, 2.24) is 0 Å². The molecular weight excluding hydrogens is 192 g/mol. The van der Waals surface area contributed by atoms with E-state index in [1.807, 2.05) is 0 Å². The lowest BCUT2D eigenvalue weighted by molar-refractivity contribution is 0.498. The highest BCUT2D eigenvalue weighted by Gasteiger charge is 2.32. The summed E-state index contributed by atoms with van der Waals surface area (Å²) in [5.41, 5.74) is 6.52. The van der Waals surface area contributed by atoms with Crippen molar-refractivity contribution in [1.29, 1.82) is 0 Å². The highest BCUT2D eigenvalue weighted by atomic mass is 14.4. The molecule has 0 amide bonds. The van der Waals surface area contributed by atoms with Gasteiger partial charge in [-0.15, -0.1) is 0 Å². The van der Waals surface area contributed by atoms with Crippen LogP contribution in [0.5, 0.6) is 0 Å². The van der Waals surface area contributed by atoms with Crippen LogP contribution in [0.2, 0.25) is 0 Å². The monoisotopic (exact) mass is 216 g/mol. The van der Waals surface area contributed by atoms with Crippen molar-refractivity contribution in [3.05, 3.63) is 34.4 Å². The minimum Gasteiger partial charge on any atom is -0.0646 e. The number of rotatable bonds is 3. The number of hydrogen-bond donors (Lipinski definition) is 0. The molecule has 2 rings (SSSR count). The smallest absolute Gasteiger partial charge is 0.0101 e. The van der Waals surface area contributed by atoms with E-state index < -0.39 is 0 Å². The van der Waals surface area contributed by atoms with Crippen LogP contribution < -0.4 is 0 Å². The second-order valence-corrected chi connectivity index (χ2v) is 6.06. The summed E-state index contributed by atoms with van der Waals surface area (Å²) in [6.45, 7) is 11.6. The molecule has 0 heteroatoms. The molecule has 1 saturated carbocycles. The van der Waals surface area contributed by atoms with Crippen LogP contribution in [0, 0.1) is 13.8 Å². The third-order valence-corrected chi connectivity index (χ3v) is 4.09. The van der Waals surface area contributed by atoms with Crippen molar-refractivity contribution in [3.8, 4) is 0 Å². The summed E-state index contributed by atoms with van der Waals surface area (Å²) in [5.74, 6) is 0.861. The molecule has 1 aliphatic rings. The maximum absolute atomic E-state index is 2.43. The topological polar surface area (TPSA) is 0 Å². The quantitative estimate of drug-likeness (QED) is 0.676. The zero-order valence-corrected chi connectivity index (χ0v) is 11.4. The molecule has 0 aromatic heterocycles. The molecule has 1 aromatic rings. The fraction of sp³-hybridized carbons (Fsp3) is 0.625. The van der Waals surface area contributed by atoms with Crippen LogP contribution in [0.1, 0.15) is 68.2 Å². The molecule has 1 aromatic carbocycles. The Morgan fingerprint density at radius 1 is 1.19 bits per heavy atom. The molecule has 0 aliphatic heterocycles. The first-order valence-corrected chi connectivity index (χ1v) is 6.57. The van der Waals surface area contributed by atoms with Crippen LogP contribution in [-0.4, -0.2) is 0 Å². The van der Waals surface area contributed by atoms with E-state index in [-0.39, 0.29) is 0 Å². The molecule has 0 radical (unpaired) electrons. The summed E-state index contributed by atoms with van der Waals surface area (Å²) < 4.78 is 0. The van der Waals surface area contributed by atoms with Crippen molar-refractivity contribution in [2.45, 2.75) is 65.2 Å². The summed E-state index contributed by atoms with van der Waals surface area (Å²) in [5, 5.41) is 0. The predicted molar refractivity (Wildman–Crippen MR) is 71.2 cm³/mol. The van der Waals surface area contributed by atoms with Crippen LogP contribution in [-0.2, 0) is 5.41 Å². The number of aryl methyl sites for hydroxylation is 2. The van der Waals surface area contributed by atoms with Crippen LogP contribution in [0.15, 0.2) is 12.1 Å². The fourth-order valence-corrected chi connectivity index (χ4v) is 2.82. The first-order chi connectivity index (χ1) is 7.45. The molecule has 1 aliphatic carbocycles. The molecular formula is C16H24. The SMILES string of the molecule is CCC(C)(C)c1c(C)cc(C)cc1C1CC1. The second-order valence-electron chi connectivity index (χ2n) is 6.06. The van der Waals surface area contributed by atoms with Crippen LogP contribution in [0.25, 0.3) is 0 Å². The summed E-state index contributed by atoms with van der Waals surface area (Å²) >= 11 is 0. The Morgan fingerprint density at radius 3 is 2.31 bits per heavy atom. The molecule has 16 heavy (non-hydrogen) atoms. The fourth-order valence-electron chi connectivity index (χ4n) is 2.82. The molecule has 0 spiro atoms. The summed E-state index contributed by atoms with van der Waals surface area (Å²) in [4.78, 5) is 0. The van der Waals surface area contributed by atoms with Gasteiger partial charge < -0.3 is 0 Å². The Kier molecular flexibility index (Phi) is 2.86. The Bertz CT molecular complexity index is 395. The third-order valence-electron chi connectivity index (χ3n) is 4.09. The maximum Gasteiger partial charge on any atom is -0.0101 e. The standard InChI is InChI=1S/C16H24/c1-6-16(4,5)15-12(3)9-11(2)10-14(15)13-7-8-13/h9-10,13H,6-8H2,1-5H3. The minimum atomic E-state index is 0.329. The van der Waals surface area contributed by atoms with Gasteiger partial charge in [0.05, 0.1) is 0 Å². The largest absolute Gasteiger partial charge is 0.0646 e. The first-order valence-electron chi connectivity index (χ1n) is 6.57. The Hall–Kier alpha value is -0.780. The van der Waals surface area contributed by atoms with E-state index in [1.165, 1.54) is 30.4 Å². The van der Waals surface area contributed by atoms with Crippen molar-refractivity contribution in [3.63, 3.8) is 0 Å². The van der Waals surface area contributed by atoms with Gasteiger partial charge in [0.1, 0.15) is 0 Å². The second kappa shape index (κ2) is 3.91. The normalized spacial score (nSPS) is 16.6. The summed E-state index contributed by atoms with van der Waals surface area (Å²) in [6, 6.07) is 4.77. The lowest BCUT2D eigenvalue weighted by atomic mass is 9.76. The minimum absolute atomic E-state index is 0.329. The van der Waals surface area contributed by atoms with Gasteiger partial charge >= 0.3 is 0 Å². The zero-order valence-electron chi connectivity index (χ0n) is 11.4. The summed E-state index contributed by atoms with van der Waals surface area (Å²) in [7, 11) is 0. The van der Waals surface area contributed by atoms with Gasteiger partial charge in [-0.1, -0.05) is 38.5 Å². The average Bonchev–Trinajstić information content (AvgIpc) is 2.98. The maximum atomic E-state index is 2.43. The van der Waals surface area contributed by atoms with Gasteiger partial charge in [-0.05, 0) is 61.1 Å². The van der Waals surface area contributed by atoms with Crippen molar-refractivity contribution >= 4 is 0 Å². The van der Waals surface area contributed by atoms with Crippen LogP contribution in [0.4, 0.5) is 0 Å². The highest BCUT2D eigenvalue weighted by molar-refractivity contribution is 5.46. The number of benzene rings is 1. The van der Waals surface area contributed by atoms with E-state index in [4.69, 9.17) is 0 Å². The molecule has 0 bridgehead atoms. The van der Waals surface area contributed by atoms with Crippen LogP contribution >= 0.6 is 0 Å². The van der Waals surface area contributed by atoms with Gasteiger partial charge in [0.15, 0.2) is 0 Å². The molecule has 0 unspecified atom stereocenters. The Labute approximate surface area is 100 Å². The molecule has 1 fully saturated rings. The average molecular weight is 216 g/mol. The molecule has 0 nitrogen and oxygen atoms in total. The molecule has 0 N–H and O–H groups in total. The van der Waals surface area contributed by atoms with E-state index in [9.17, 15) is 0 Å². The van der Waals surface area contributed by atoms with Crippen molar-refractivity contribution in [2.24, 2.45) is 0 Å². The van der Waals surface area contributed by atoms with Gasteiger partial charge in [0, 0.05) is 0 Å². The Morgan fingerprint density at radius 2 is 1.81 bits per heavy atom. The van der Waals surface area contributed by atoms with Gasteiger partial charge in [-0.25, -0.2) is 0 Å². The first kappa shape index (κ1) is 11.7. The van der Waals surface area contributed by atoms with E-state index in [0.717, 1.165) is 5.92 Å². The van der Waals surface area contributed by atoms with Gasteiger partial charge in [-0.2, -0.15) is 0 Å². The lowest BCUT2D eigenvalue weighted by Gasteiger charge is -2.29. The molecule has 0 saturated heterocycles. The molecule has 88 valence electrons.